The van der Waals surface area contributed by atoms with Crippen molar-refractivity contribution in [1.29, 1.82) is 0 Å². The fraction of sp³-hybridized carbons (Fsp3) is 0.444. The number of hydrogen-bond acceptors (Lipinski definition) is 3. The molecule has 3 N–H and O–H groups in total. The van der Waals surface area contributed by atoms with E-state index < -0.39 is 0 Å². The Kier molecular flexibility index (Phi) is 3.36. The molecule has 5 nitrogen and oxygen atoms in total. The Labute approximate surface area is 134 Å². The van der Waals surface area contributed by atoms with Gasteiger partial charge >= 0.3 is 0 Å². The van der Waals surface area contributed by atoms with Crippen LogP contribution in [-0.4, -0.2) is 16.5 Å². The zero-order valence-corrected chi connectivity index (χ0v) is 13.0. The highest BCUT2D eigenvalue weighted by Crippen LogP contribution is 2.32. The number of benzene rings is 1. The number of pyridine rings is 1. The molecule has 1 aromatic heterocycles. The number of nitrogens with one attached hydrogen (secondary N) is 1. The molecule has 120 valence electrons. The number of amides is 1. The summed E-state index contributed by atoms with van der Waals surface area (Å²) in [5, 5.41) is 3.39. The summed E-state index contributed by atoms with van der Waals surface area (Å²) in [5.41, 5.74) is 7.30. The van der Waals surface area contributed by atoms with Gasteiger partial charge in [-0.1, -0.05) is 18.9 Å². The highest BCUT2D eigenvalue weighted by atomic mass is 16.2. The molecule has 2 saturated carbocycles. The number of aromatic nitrogens is 1. The Morgan fingerprint density at radius 1 is 1.17 bits per heavy atom. The molecule has 0 unspecified atom stereocenters. The van der Waals surface area contributed by atoms with E-state index in [0.29, 0.717) is 17.1 Å². The fourth-order valence-corrected chi connectivity index (χ4v) is 3.56. The van der Waals surface area contributed by atoms with E-state index in [-0.39, 0.29) is 22.9 Å². The second kappa shape index (κ2) is 5.41. The normalized spacial score (nSPS) is 18.4. The van der Waals surface area contributed by atoms with Crippen molar-refractivity contribution in [2.24, 2.45) is 0 Å². The topological polar surface area (TPSA) is 77.1 Å². The largest absolute Gasteiger partial charge is 0.398 e. The van der Waals surface area contributed by atoms with Gasteiger partial charge in [0, 0.05) is 24.0 Å². The van der Waals surface area contributed by atoms with Crippen molar-refractivity contribution in [2.45, 2.75) is 50.6 Å². The number of carbonyl (C=O) groups is 1. The second-order valence-electron chi connectivity index (χ2n) is 6.71. The maximum Gasteiger partial charge on any atom is 0.256 e. The van der Waals surface area contributed by atoms with Crippen LogP contribution in [0.2, 0.25) is 0 Å². The smallest absolute Gasteiger partial charge is 0.256 e. The van der Waals surface area contributed by atoms with Crippen molar-refractivity contribution in [2.75, 3.05) is 5.73 Å². The van der Waals surface area contributed by atoms with Gasteiger partial charge in [0.05, 0.1) is 10.9 Å². The van der Waals surface area contributed by atoms with E-state index in [9.17, 15) is 9.59 Å². The minimum Gasteiger partial charge on any atom is -0.398 e. The van der Waals surface area contributed by atoms with E-state index in [1.165, 1.54) is 12.8 Å². The van der Waals surface area contributed by atoms with Gasteiger partial charge < -0.3 is 15.6 Å². The molecule has 0 saturated heterocycles. The Morgan fingerprint density at radius 2 is 1.91 bits per heavy atom. The summed E-state index contributed by atoms with van der Waals surface area (Å²) in [6, 6.07) is 6.09. The van der Waals surface area contributed by atoms with E-state index in [1.54, 1.807) is 12.3 Å². The molecule has 2 fully saturated rings. The van der Waals surface area contributed by atoms with E-state index >= 15 is 0 Å². The standard InChI is InChI=1S/C18H21N3O2/c19-14-6-3-7-15-16(14)17(22)13(18(23)20-11-8-9-11)10-21(15)12-4-1-2-5-12/h3,6-7,10-12H,1-2,4-5,8-9,19H2,(H,20,23). The van der Waals surface area contributed by atoms with Crippen molar-refractivity contribution in [3.05, 3.63) is 40.2 Å². The first-order valence-electron chi connectivity index (χ1n) is 8.39. The first-order valence-corrected chi connectivity index (χ1v) is 8.39. The molecule has 2 aliphatic carbocycles. The zero-order valence-electron chi connectivity index (χ0n) is 13.0. The number of nitrogens with zero attached hydrogens (tertiary/aromatic N) is 1. The molecule has 1 amide bonds. The van der Waals surface area contributed by atoms with Gasteiger partial charge in [-0.2, -0.15) is 0 Å². The average molecular weight is 311 g/mol. The minimum absolute atomic E-state index is 0.217. The van der Waals surface area contributed by atoms with E-state index in [0.717, 1.165) is 31.2 Å². The molecule has 1 heterocycles. The Hall–Kier alpha value is -2.30. The summed E-state index contributed by atoms with van der Waals surface area (Å²) < 4.78 is 2.10. The van der Waals surface area contributed by atoms with E-state index in [4.69, 9.17) is 5.73 Å². The fourth-order valence-electron chi connectivity index (χ4n) is 3.56. The SMILES string of the molecule is Nc1cccc2c1c(=O)c(C(=O)NC1CC1)cn2C1CCCC1. The lowest BCUT2D eigenvalue weighted by Crippen LogP contribution is -2.31. The third-order valence-corrected chi connectivity index (χ3v) is 4.97. The quantitative estimate of drug-likeness (QED) is 0.855. The Balaban J connectivity index is 1.91. The molecule has 5 heteroatoms. The van der Waals surface area contributed by atoms with E-state index in [2.05, 4.69) is 9.88 Å². The van der Waals surface area contributed by atoms with Crippen LogP contribution >= 0.6 is 0 Å². The lowest BCUT2D eigenvalue weighted by Gasteiger charge is -2.20. The number of rotatable bonds is 3. The van der Waals surface area contributed by atoms with Crippen LogP contribution in [0.25, 0.3) is 10.9 Å². The zero-order chi connectivity index (χ0) is 16.0. The van der Waals surface area contributed by atoms with Crippen molar-refractivity contribution >= 4 is 22.5 Å². The van der Waals surface area contributed by atoms with Gasteiger partial charge in [-0.3, -0.25) is 9.59 Å². The highest BCUT2D eigenvalue weighted by molar-refractivity contribution is 6.00. The van der Waals surface area contributed by atoms with Crippen LogP contribution in [0.3, 0.4) is 0 Å². The van der Waals surface area contributed by atoms with Gasteiger partial charge in [0.25, 0.3) is 5.91 Å². The number of nitrogen functional groups attached to an aromatic ring is 1. The van der Waals surface area contributed by atoms with Crippen LogP contribution in [0.4, 0.5) is 5.69 Å². The molecule has 23 heavy (non-hydrogen) atoms. The minimum atomic E-state index is -0.269. The summed E-state index contributed by atoms with van der Waals surface area (Å²) in [6.07, 6.45) is 8.27. The van der Waals surface area contributed by atoms with Crippen LogP contribution in [-0.2, 0) is 0 Å². The van der Waals surface area contributed by atoms with Crippen molar-refractivity contribution in [3.8, 4) is 0 Å². The molecule has 0 spiro atoms. The number of anilines is 1. The van der Waals surface area contributed by atoms with Crippen LogP contribution in [0.1, 0.15) is 54.9 Å². The molecule has 0 radical (unpaired) electrons. The van der Waals surface area contributed by atoms with Gasteiger partial charge in [-0.15, -0.1) is 0 Å². The number of fused-ring (bicyclic) bond motifs is 1. The summed E-state index contributed by atoms with van der Waals surface area (Å²) in [5.74, 6) is -0.269. The Bertz CT molecular complexity index is 830. The van der Waals surface area contributed by atoms with Gasteiger partial charge in [0.1, 0.15) is 5.56 Å². The summed E-state index contributed by atoms with van der Waals surface area (Å²) in [7, 11) is 0. The van der Waals surface area contributed by atoms with Crippen LogP contribution in [0.5, 0.6) is 0 Å². The molecule has 0 atom stereocenters. The monoisotopic (exact) mass is 311 g/mol. The van der Waals surface area contributed by atoms with Crippen molar-refractivity contribution in [3.63, 3.8) is 0 Å². The molecule has 0 bridgehead atoms. The Morgan fingerprint density at radius 3 is 2.61 bits per heavy atom. The molecule has 1 aromatic carbocycles. The predicted octanol–water partition coefficient (Wildman–Crippen LogP) is 2.59. The lowest BCUT2D eigenvalue weighted by atomic mass is 10.1. The first kappa shape index (κ1) is 14.3. The third kappa shape index (κ3) is 2.50. The molecule has 4 rings (SSSR count). The predicted molar refractivity (Wildman–Crippen MR) is 90.6 cm³/mol. The number of nitrogens with two attached hydrogens (primary N) is 1. The lowest BCUT2D eigenvalue weighted by molar-refractivity contribution is 0.0949. The van der Waals surface area contributed by atoms with Crippen molar-refractivity contribution < 1.29 is 4.79 Å². The molecular formula is C18H21N3O2. The summed E-state index contributed by atoms with van der Waals surface area (Å²) >= 11 is 0. The second-order valence-corrected chi connectivity index (χ2v) is 6.71. The maximum atomic E-state index is 12.8. The van der Waals surface area contributed by atoms with Crippen LogP contribution in [0.15, 0.2) is 29.2 Å². The van der Waals surface area contributed by atoms with Gasteiger partial charge in [0.2, 0.25) is 5.43 Å². The molecule has 2 aliphatic rings. The highest BCUT2D eigenvalue weighted by Gasteiger charge is 2.27. The third-order valence-electron chi connectivity index (χ3n) is 4.97. The summed E-state index contributed by atoms with van der Waals surface area (Å²) in [6.45, 7) is 0. The number of hydrogen-bond donors (Lipinski definition) is 2. The molecule has 2 aromatic rings. The van der Waals surface area contributed by atoms with E-state index in [1.807, 2.05) is 12.1 Å². The van der Waals surface area contributed by atoms with Crippen LogP contribution in [0, 0.1) is 0 Å². The van der Waals surface area contributed by atoms with Crippen LogP contribution < -0.4 is 16.5 Å². The van der Waals surface area contributed by atoms with Gasteiger partial charge in [-0.05, 0) is 37.8 Å². The van der Waals surface area contributed by atoms with Crippen molar-refractivity contribution in [1.82, 2.24) is 9.88 Å². The summed E-state index contributed by atoms with van der Waals surface area (Å²) in [4.78, 5) is 25.3. The maximum absolute atomic E-state index is 12.8. The molecular weight excluding hydrogens is 290 g/mol. The van der Waals surface area contributed by atoms with Gasteiger partial charge in [0.15, 0.2) is 0 Å². The molecule has 0 aliphatic heterocycles. The first-order chi connectivity index (χ1) is 11.1. The number of carbonyl (C=O) groups excluding carboxylic acids is 1. The average Bonchev–Trinajstić information content (AvgIpc) is 3.18. The van der Waals surface area contributed by atoms with Gasteiger partial charge in [-0.25, -0.2) is 0 Å².